The minimum Gasteiger partial charge on any atom is -0.364 e. The van der Waals surface area contributed by atoms with E-state index in [9.17, 15) is 0 Å². The van der Waals surface area contributed by atoms with Gasteiger partial charge in [-0.3, -0.25) is 4.98 Å². The van der Waals surface area contributed by atoms with E-state index in [2.05, 4.69) is 46.4 Å². The van der Waals surface area contributed by atoms with Crippen LogP contribution in [0, 0.1) is 0 Å². The summed E-state index contributed by atoms with van der Waals surface area (Å²) < 4.78 is 2.04. The van der Waals surface area contributed by atoms with Gasteiger partial charge < -0.3 is 9.38 Å². The lowest BCUT2D eigenvalue weighted by atomic mass is 10.0. The van der Waals surface area contributed by atoms with Crippen molar-refractivity contribution in [3.8, 4) is 22.4 Å². The van der Waals surface area contributed by atoms with Crippen LogP contribution in [0.3, 0.4) is 0 Å². The molecule has 0 radical (unpaired) electrons. The molecule has 0 fully saturated rings. The highest BCUT2D eigenvalue weighted by Crippen LogP contribution is 2.34. The molecule has 0 bridgehead atoms. The Bertz CT molecular complexity index is 919. The first-order valence-corrected chi connectivity index (χ1v) is 7.41. The number of aromatic amines is 1. The van der Waals surface area contributed by atoms with Gasteiger partial charge in [0.1, 0.15) is 5.65 Å². The summed E-state index contributed by atoms with van der Waals surface area (Å²) in [6, 6.07) is 10.2. The highest BCUT2D eigenvalue weighted by Gasteiger charge is 2.15. The number of aryl methyl sites for hydroxylation is 1. The van der Waals surface area contributed by atoms with Crippen LogP contribution in [0.5, 0.6) is 0 Å². The van der Waals surface area contributed by atoms with Gasteiger partial charge in [0.2, 0.25) is 0 Å². The second kappa shape index (κ2) is 5.15. The molecule has 1 N–H and O–H groups in total. The molecule has 4 heterocycles. The van der Waals surface area contributed by atoms with E-state index in [-0.39, 0.29) is 0 Å². The summed E-state index contributed by atoms with van der Waals surface area (Å²) in [5, 5.41) is 0. The molecule has 0 amide bonds. The molecule has 4 heteroatoms. The van der Waals surface area contributed by atoms with E-state index >= 15 is 0 Å². The maximum Gasteiger partial charge on any atom is 0.136 e. The smallest absolute Gasteiger partial charge is 0.136 e. The SMILES string of the molecule is CCc1[nH]cc(-c2ccc3nccn3c2)c1-c1ccccn1. The molecular formula is C18H16N4. The van der Waals surface area contributed by atoms with E-state index in [0.29, 0.717) is 0 Å². The minimum atomic E-state index is 0.944. The van der Waals surface area contributed by atoms with Crippen molar-refractivity contribution in [3.63, 3.8) is 0 Å². The summed E-state index contributed by atoms with van der Waals surface area (Å²) in [5.41, 5.74) is 6.67. The molecule has 0 aliphatic rings. The van der Waals surface area contributed by atoms with Gasteiger partial charge in [-0.2, -0.15) is 0 Å². The van der Waals surface area contributed by atoms with Crippen LogP contribution in [0.1, 0.15) is 12.6 Å². The van der Waals surface area contributed by atoms with Gasteiger partial charge in [0.05, 0.1) is 5.69 Å². The highest BCUT2D eigenvalue weighted by molar-refractivity contribution is 5.83. The quantitative estimate of drug-likeness (QED) is 0.620. The Morgan fingerprint density at radius 1 is 1.09 bits per heavy atom. The van der Waals surface area contributed by atoms with Crippen molar-refractivity contribution in [1.82, 2.24) is 19.4 Å². The van der Waals surface area contributed by atoms with Crippen molar-refractivity contribution in [2.24, 2.45) is 0 Å². The summed E-state index contributed by atoms with van der Waals surface area (Å²) in [7, 11) is 0. The molecule has 0 atom stereocenters. The van der Waals surface area contributed by atoms with Crippen LogP contribution in [0.15, 0.2) is 61.3 Å². The first-order chi connectivity index (χ1) is 10.9. The van der Waals surface area contributed by atoms with Gasteiger partial charge >= 0.3 is 0 Å². The lowest BCUT2D eigenvalue weighted by Gasteiger charge is -2.07. The summed E-state index contributed by atoms with van der Waals surface area (Å²) in [5.74, 6) is 0. The zero-order chi connectivity index (χ0) is 14.9. The summed E-state index contributed by atoms with van der Waals surface area (Å²) in [4.78, 5) is 12.2. The second-order valence-corrected chi connectivity index (χ2v) is 5.23. The summed E-state index contributed by atoms with van der Waals surface area (Å²) in [6.45, 7) is 2.15. The third-order valence-corrected chi connectivity index (χ3v) is 3.94. The molecule has 4 aromatic rings. The fraction of sp³-hybridized carbons (Fsp3) is 0.111. The van der Waals surface area contributed by atoms with Crippen molar-refractivity contribution in [3.05, 3.63) is 67.0 Å². The van der Waals surface area contributed by atoms with Crippen LogP contribution < -0.4 is 0 Å². The van der Waals surface area contributed by atoms with Crippen molar-refractivity contribution in [2.75, 3.05) is 0 Å². The molecule has 108 valence electrons. The highest BCUT2D eigenvalue weighted by atomic mass is 15.0. The summed E-state index contributed by atoms with van der Waals surface area (Å²) in [6.07, 6.45) is 10.7. The van der Waals surface area contributed by atoms with Crippen LogP contribution in [0.4, 0.5) is 0 Å². The molecule has 4 rings (SSSR count). The van der Waals surface area contributed by atoms with Crippen molar-refractivity contribution < 1.29 is 0 Å². The Kier molecular flexibility index (Phi) is 3.00. The number of H-pyrrole nitrogens is 1. The predicted molar refractivity (Wildman–Crippen MR) is 87.6 cm³/mol. The molecule has 0 saturated heterocycles. The summed E-state index contributed by atoms with van der Waals surface area (Å²) >= 11 is 0. The van der Waals surface area contributed by atoms with E-state index in [1.54, 1.807) is 0 Å². The van der Waals surface area contributed by atoms with Crippen molar-refractivity contribution in [2.45, 2.75) is 13.3 Å². The van der Waals surface area contributed by atoms with Gasteiger partial charge in [-0.15, -0.1) is 0 Å². The first kappa shape index (κ1) is 12.8. The monoisotopic (exact) mass is 288 g/mol. The number of hydrogen-bond acceptors (Lipinski definition) is 2. The maximum atomic E-state index is 4.53. The number of hydrogen-bond donors (Lipinski definition) is 1. The number of fused-ring (bicyclic) bond motifs is 1. The number of pyridine rings is 2. The van der Waals surface area contributed by atoms with Crippen LogP contribution >= 0.6 is 0 Å². The van der Waals surface area contributed by atoms with E-state index in [1.807, 2.05) is 41.2 Å². The van der Waals surface area contributed by atoms with Crippen LogP contribution in [-0.2, 0) is 6.42 Å². The van der Waals surface area contributed by atoms with Gasteiger partial charge in [-0.25, -0.2) is 4.98 Å². The molecular weight excluding hydrogens is 272 g/mol. The molecule has 0 unspecified atom stereocenters. The Morgan fingerprint density at radius 2 is 2.05 bits per heavy atom. The van der Waals surface area contributed by atoms with E-state index < -0.39 is 0 Å². The Balaban J connectivity index is 1.93. The van der Waals surface area contributed by atoms with Gasteiger partial charge in [0, 0.05) is 53.4 Å². The number of nitrogens with zero attached hydrogens (tertiary/aromatic N) is 3. The molecule has 4 aromatic heterocycles. The normalized spacial score (nSPS) is 11.1. The molecule has 0 saturated carbocycles. The Morgan fingerprint density at radius 3 is 2.86 bits per heavy atom. The fourth-order valence-electron chi connectivity index (χ4n) is 2.86. The molecule has 0 spiro atoms. The van der Waals surface area contributed by atoms with Gasteiger partial charge in [-0.05, 0) is 30.7 Å². The zero-order valence-corrected chi connectivity index (χ0v) is 12.3. The lowest BCUT2D eigenvalue weighted by molar-refractivity contribution is 1.06. The Hall–Kier alpha value is -2.88. The Labute approximate surface area is 128 Å². The number of imidazole rings is 1. The van der Waals surface area contributed by atoms with E-state index in [1.165, 1.54) is 16.8 Å². The molecule has 0 aliphatic carbocycles. The third kappa shape index (κ3) is 2.00. The molecule has 4 nitrogen and oxygen atoms in total. The number of nitrogens with one attached hydrogen (secondary N) is 1. The van der Waals surface area contributed by atoms with Crippen LogP contribution in [-0.4, -0.2) is 19.4 Å². The predicted octanol–water partition coefficient (Wildman–Crippen LogP) is 3.95. The van der Waals surface area contributed by atoms with Crippen molar-refractivity contribution in [1.29, 1.82) is 0 Å². The average Bonchev–Trinajstić information content (AvgIpc) is 3.21. The van der Waals surface area contributed by atoms with Crippen molar-refractivity contribution >= 4 is 5.65 Å². The zero-order valence-electron chi connectivity index (χ0n) is 12.3. The fourth-order valence-corrected chi connectivity index (χ4v) is 2.86. The minimum absolute atomic E-state index is 0.944. The largest absolute Gasteiger partial charge is 0.364 e. The molecule has 22 heavy (non-hydrogen) atoms. The number of aromatic nitrogens is 4. The van der Waals surface area contributed by atoms with E-state index in [0.717, 1.165) is 23.3 Å². The second-order valence-electron chi connectivity index (χ2n) is 5.23. The van der Waals surface area contributed by atoms with Gasteiger partial charge in [0.15, 0.2) is 0 Å². The van der Waals surface area contributed by atoms with Crippen LogP contribution in [0.25, 0.3) is 28.0 Å². The maximum absolute atomic E-state index is 4.53. The number of rotatable bonds is 3. The topological polar surface area (TPSA) is 46.0 Å². The van der Waals surface area contributed by atoms with Gasteiger partial charge in [-0.1, -0.05) is 13.0 Å². The van der Waals surface area contributed by atoms with E-state index in [4.69, 9.17) is 0 Å². The van der Waals surface area contributed by atoms with Crippen LogP contribution in [0.2, 0.25) is 0 Å². The molecule has 0 aliphatic heterocycles. The lowest BCUT2D eigenvalue weighted by Crippen LogP contribution is -1.90. The molecule has 0 aromatic carbocycles. The van der Waals surface area contributed by atoms with Gasteiger partial charge in [0.25, 0.3) is 0 Å². The third-order valence-electron chi connectivity index (χ3n) is 3.94. The first-order valence-electron chi connectivity index (χ1n) is 7.41. The average molecular weight is 288 g/mol. The standard InChI is InChI=1S/C18H16N4/c1-2-15-18(16-5-3-4-8-19-16)14(11-21-15)13-6-7-17-20-9-10-22(17)12-13/h3-12,21H,2H2,1H3.